The lowest BCUT2D eigenvalue weighted by atomic mass is 10.0. The van der Waals surface area contributed by atoms with Crippen LogP contribution in [0.1, 0.15) is 19.8 Å². The van der Waals surface area contributed by atoms with Gasteiger partial charge in [0.1, 0.15) is 0 Å². The number of nitrogen functional groups attached to an aromatic ring is 1. The van der Waals surface area contributed by atoms with E-state index in [0.717, 1.165) is 6.42 Å². The van der Waals surface area contributed by atoms with Gasteiger partial charge in [0.2, 0.25) is 10.0 Å². The minimum atomic E-state index is -3.56. The molecule has 0 amide bonds. The Kier molecular flexibility index (Phi) is 6.25. The van der Waals surface area contributed by atoms with Crippen LogP contribution in [0.3, 0.4) is 0 Å². The van der Waals surface area contributed by atoms with E-state index in [9.17, 15) is 8.42 Å². The van der Waals surface area contributed by atoms with Gasteiger partial charge in [0.15, 0.2) is 0 Å². The summed E-state index contributed by atoms with van der Waals surface area (Å²) in [6.45, 7) is 2.34. The van der Waals surface area contributed by atoms with Crippen LogP contribution in [0.2, 0.25) is 0 Å². The molecule has 0 fully saturated rings. The lowest BCUT2D eigenvalue weighted by Crippen LogP contribution is -2.29. The van der Waals surface area contributed by atoms with E-state index >= 15 is 0 Å². The van der Waals surface area contributed by atoms with Crippen molar-refractivity contribution in [3.63, 3.8) is 0 Å². The Morgan fingerprint density at radius 2 is 2.16 bits per heavy atom. The summed E-state index contributed by atoms with van der Waals surface area (Å²) in [5.41, 5.74) is 6.05. The summed E-state index contributed by atoms with van der Waals surface area (Å²) in [4.78, 5) is 0.145. The molecule has 1 aromatic carbocycles. The summed E-state index contributed by atoms with van der Waals surface area (Å²) in [7, 11) is -3.56. The van der Waals surface area contributed by atoms with Crippen LogP contribution in [0, 0.1) is 5.92 Å². The van der Waals surface area contributed by atoms with Gasteiger partial charge in [-0.1, -0.05) is 13.3 Å². The molecule has 19 heavy (non-hydrogen) atoms. The molecule has 1 aromatic rings. The zero-order chi connectivity index (χ0) is 14.5. The van der Waals surface area contributed by atoms with Crippen molar-refractivity contribution in [3.8, 4) is 0 Å². The van der Waals surface area contributed by atoms with Crippen molar-refractivity contribution < 1.29 is 13.5 Å². The van der Waals surface area contributed by atoms with E-state index in [-0.39, 0.29) is 17.4 Å². The third-order valence-corrected chi connectivity index (χ3v) is 5.10. The van der Waals surface area contributed by atoms with Crippen LogP contribution in [0.25, 0.3) is 0 Å². The molecule has 0 bridgehead atoms. The quantitative estimate of drug-likeness (QED) is 0.652. The normalized spacial score (nSPS) is 13.4. The predicted octanol–water partition coefficient (Wildman–Crippen LogP) is 1.72. The minimum absolute atomic E-state index is 0.0610. The van der Waals surface area contributed by atoms with Gasteiger partial charge in [-0.2, -0.15) is 0 Å². The molecular weight excluding hydrogens is 332 g/mol. The van der Waals surface area contributed by atoms with E-state index in [1.165, 1.54) is 12.1 Å². The Labute approximate surface area is 122 Å². The zero-order valence-corrected chi connectivity index (χ0v) is 13.2. The van der Waals surface area contributed by atoms with Gasteiger partial charge in [-0.25, -0.2) is 13.1 Å². The van der Waals surface area contributed by atoms with Crippen LogP contribution in [0.15, 0.2) is 27.6 Å². The number of halogens is 1. The molecule has 0 aliphatic carbocycles. The second kappa shape index (κ2) is 7.23. The summed E-state index contributed by atoms with van der Waals surface area (Å²) in [6.07, 6.45) is 1.40. The first-order valence-corrected chi connectivity index (χ1v) is 8.34. The summed E-state index contributed by atoms with van der Waals surface area (Å²) in [5, 5.41) is 8.88. The van der Waals surface area contributed by atoms with Crippen molar-refractivity contribution in [2.24, 2.45) is 5.92 Å². The average molecular weight is 351 g/mol. The average Bonchev–Trinajstić information content (AvgIpc) is 2.37. The molecule has 1 unspecified atom stereocenters. The number of benzene rings is 1. The third kappa shape index (κ3) is 4.76. The molecule has 0 heterocycles. The monoisotopic (exact) mass is 350 g/mol. The van der Waals surface area contributed by atoms with Crippen molar-refractivity contribution in [1.29, 1.82) is 0 Å². The van der Waals surface area contributed by atoms with Crippen LogP contribution in [0.5, 0.6) is 0 Å². The fourth-order valence-electron chi connectivity index (χ4n) is 1.63. The fraction of sp³-hybridized carbons (Fsp3) is 0.500. The minimum Gasteiger partial charge on any atom is -0.398 e. The Morgan fingerprint density at radius 3 is 2.68 bits per heavy atom. The number of nitrogens with one attached hydrogen (secondary N) is 1. The van der Waals surface area contributed by atoms with Gasteiger partial charge in [-0.15, -0.1) is 0 Å². The molecular formula is C12H19BrN2O3S. The highest BCUT2D eigenvalue weighted by atomic mass is 79.9. The lowest BCUT2D eigenvalue weighted by molar-refractivity contribution is 0.254. The van der Waals surface area contributed by atoms with Gasteiger partial charge in [0.25, 0.3) is 0 Å². The molecule has 108 valence electrons. The first-order valence-electron chi connectivity index (χ1n) is 6.06. The fourth-order valence-corrected chi connectivity index (χ4v) is 3.03. The molecule has 1 rings (SSSR count). The molecule has 5 nitrogen and oxygen atoms in total. The van der Waals surface area contributed by atoms with Crippen LogP contribution in [0.4, 0.5) is 5.69 Å². The number of hydrogen-bond donors (Lipinski definition) is 3. The van der Waals surface area contributed by atoms with Gasteiger partial charge in [-0.3, -0.25) is 0 Å². The standard InChI is InChI=1S/C12H19BrN2O3S/c1-2-9(5-6-16)8-15-19(17,18)10-3-4-11(13)12(14)7-10/h3-4,7,9,15-16H,2,5-6,8,14H2,1H3. The molecule has 7 heteroatoms. The van der Waals surface area contributed by atoms with Crippen molar-refractivity contribution in [1.82, 2.24) is 4.72 Å². The van der Waals surface area contributed by atoms with Gasteiger partial charge in [0, 0.05) is 23.3 Å². The SMILES string of the molecule is CCC(CCO)CNS(=O)(=O)c1ccc(Br)c(N)c1. The number of aliphatic hydroxyl groups is 1. The first-order chi connectivity index (χ1) is 8.90. The first kappa shape index (κ1) is 16.4. The number of aliphatic hydroxyl groups excluding tert-OH is 1. The number of sulfonamides is 1. The second-order valence-electron chi connectivity index (χ2n) is 4.32. The third-order valence-electron chi connectivity index (χ3n) is 2.95. The van der Waals surface area contributed by atoms with Crippen molar-refractivity contribution in [2.75, 3.05) is 18.9 Å². The molecule has 0 aliphatic heterocycles. The van der Waals surface area contributed by atoms with Crippen LogP contribution >= 0.6 is 15.9 Å². The van der Waals surface area contributed by atoms with Crippen LogP contribution in [-0.2, 0) is 10.0 Å². The van der Waals surface area contributed by atoms with E-state index in [4.69, 9.17) is 10.8 Å². The lowest BCUT2D eigenvalue weighted by Gasteiger charge is -2.14. The molecule has 0 saturated carbocycles. The predicted molar refractivity (Wildman–Crippen MR) is 79.2 cm³/mol. The maximum Gasteiger partial charge on any atom is 0.240 e. The number of rotatable bonds is 7. The molecule has 0 aliphatic rings. The van der Waals surface area contributed by atoms with E-state index in [1.807, 2.05) is 6.92 Å². The number of hydrogen-bond acceptors (Lipinski definition) is 4. The molecule has 0 aromatic heterocycles. The molecule has 1 atom stereocenters. The maximum absolute atomic E-state index is 12.1. The summed E-state index contributed by atoms with van der Waals surface area (Å²) >= 11 is 3.22. The molecule has 0 radical (unpaired) electrons. The highest BCUT2D eigenvalue weighted by molar-refractivity contribution is 9.10. The Morgan fingerprint density at radius 1 is 1.47 bits per heavy atom. The highest BCUT2D eigenvalue weighted by Gasteiger charge is 2.16. The van der Waals surface area contributed by atoms with Gasteiger partial charge < -0.3 is 10.8 Å². The molecule has 0 saturated heterocycles. The molecule has 4 N–H and O–H groups in total. The van der Waals surface area contributed by atoms with Gasteiger partial charge in [0.05, 0.1) is 4.90 Å². The van der Waals surface area contributed by atoms with Gasteiger partial charge >= 0.3 is 0 Å². The number of anilines is 1. The second-order valence-corrected chi connectivity index (χ2v) is 6.94. The van der Waals surface area contributed by atoms with Crippen LogP contribution in [-0.4, -0.2) is 26.7 Å². The molecule has 0 spiro atoms. The highest BCUT2D eigenvalue weighted by Crippen LogP contribution is 2.22. The zero-order valence-electron chi connectivity index (χ0n) is 10.8. The smallest absolute Gasteiger partial charge is 0.240 e. The maximum atomic E-state index is 12.1. The van der Waals surface area contributed by atoms with Crippen molar-refractivity contribution in [2.45, 2.75) is 24.7 Å². The Balaban J connectivity index is 2.78. The van der Waals surface area contributed by atoms with Crippen LogP contribution < -0.4 is 10.5 Å². The van der Waals surface area contributed by atoms with E-state index in [2.05, 4.69) is 20.7 Å². The van der Waals surface area contributed by atoms with Gasteiger partial charge in [-0.05, 0) is 46.5 Å². The largest absolute Gasteiger partial charge is 0.398 e. The van der Waals surface area contributed by atoms with Crippen molar-refractivity contribution in [3.05, 3.63) is 22.7 Å². The summed E-state index contributed by atoms with van der Waals surface area (Å²) in [5.74, 6) is 0.132. The Bertz CT molecular complexity index is 520. The Hall–Kier alpha value is -0.630. The van der Waals surface area contributed by atoms with E-state index < -0.39 is 10.0 Å². The van der Waals surface area contributed by atoms with E-state index in [1.54, 1.807) is 6.07 Å². The summed E-state index contributed by atoms with van der Waals surface area (Å²) < 4.78 is 27.4. The van der Waals surface area contributed by atoms with Crippen molar-refractivity contribution >= 4 is 31.6 Å². The summed E-state index contributed by atoms with van der Waals surface area (Å²) in [6, 6.07) is 4.52. The van der Waals surface area contributed by atoms with E-state index in [0.29, 0.717) is 23.1 Å². The number of nitrogens with two attached hydrogens (primary N) is 1. The topological polar surface area (TPSA) is 92.4 Å².